The molecule has 0 aromatic carbocycles. The summed E-state index contributed by atoms with van der Waals surface area (Å²) < 4.78 is 5.79. The Hall–Kier alpha value is -0.550. The Labute approximate surface area is 195 Å². The van der Waals surface area contributed by atoms with Crippen molar-refractivity contribution in [3.05, 3.63) is 12.3 Å². The van der Waals surface area contributed by atoms with Gasteiger partial charge in [0.1, 0.15) is 29.9 Å². The first kappa shape index (κ1) is 28.5. The van der Waals surface area contributed by atoms with Crippen molar-refractivity contribution in [1.82, 2.24) is 10.2 Å². The van der Waals surface area contributed by atoms with E-state index in [4.69, 9.17) is 16.3 Å². The molecule has 0 bridgehead atoms. The summed E-state index contributed by atoms with van der Waals surface area (Å²) in [6, 6.07) is -0.934. The van der Waals surface area contributed by atoms with Gasteiger partial charge in [-0.25, -0.2) is 0 Å². The molecule has 2 heterocycles. The number of nitrogens with zero attached hydrogens (tertiary/aromatic N) is 1. The quantitative estimate of drug-likeness (QED) is 0.301. The van der Waals surface area contributed by atoms with Crippen LogP contribution in [0.3, 0.4) is 0 Å². The number of aliphatic hydroxyl groups excluding tert-OH is 3. The molecule has 0 aromatic rings. The normalized spacial score (nSPS) is 35.6. The van der Waals surface area contributed by atoms with Gasteiger partial charge in [-0.2, -0.15) is 0 Å². The predicted molar refractivity (Wildman–Crippen MR) is 122 cm³/mol. The summed E-state index contributed by atoms with van der Waals surface area (Å²) in [5, 5.41) is 42.4. The molecular weight excluding hydrogens is 444 g/mol. The van der Waals surface area contributed by atoms with E-state index in [1.54, 1.807) is 13.2 Å². The molecule has 182 valence electrons. The molecule has 0 aromatic heterocycles. The van der Waals surface area contributed by atoms with Gasteiger partial charge in [-0.15, -0.1) is 35.7 Å². The summed E-state index contributed by atoms with van der Waals surface area (Å²) in [7, 11) is 1.94. The molecule has 31 heavy (non-hydrogen) atoms. The van der Waals surface area contributed by atoms with Gasteiger partial charge < -0.3 is 30.5 Å². The number of allylic oxidation sites excluding steroid dienone is 1. The Balaban J connectivity index is 0.00000110. The fourth-order valence-electron chi connectivity index (χ4n) is 4.11. The highest BCUT2D eigenvalue weighted by atomic mass is 35.5. The number of carbonyl (C=O) groups is 1. The summed E-state index contributed by atoms with van der Waals surface area (Å²) in [5.41, 5.74) is -0.702. The lowest BCUT2D eigenvalue weighted by Crippen LogP contribution is -2.65. The van der Waals surface area contributed by atoms with E-state index < -0.39 is 41.3 Å². The smallest absolute Gasteiger partial charge is 0.237 e. The minimum atomic E-state index is -1.36. The Bertz CT molecular complexity index is 578. The maximum Gasteiger partial charge on any atom is 0.237 e. The summed E-state index contributed by atoms with van der Waals surface area (Å²) in [6.07, 6.45) is -0.0980. The molecular formula is C21H38ClN2O6S-. The number of thioether (sulfide) groups is 1. The molecule has 2 rings (SSSR count). The van der Waals surface area contributed by atoms with Crippen molar-refractivity contribution >= 4 is 29.3 Å². The van der Waals surface area contributed by atoms with E-state index in [1.807, 2.05) is 11.9 Å². The summed E-state index contributed by atoms with van der Waals surface area (Å²) in [5.74, 6) is 0.266. The average molecular weight is 482 g/mol. The van der Waals surface area contributed by atoms with Gasteiger partial charge in [0.15, 0.2) is 0 Å². The maximum absolute atomic E-state index is 12.9. The molecule has 1 amide bonds. The van der Waals surface area contributed by atoms with Crippen LogP contribution in [0, 0.1) is 5.92 Å². The van der Waals surface area contributed by atoms with Gasteiger partial charge in [0, 0.05) is 6.54 Å². The van der Waals surface area contributed by atoms with E-state index >= 15 is 0 Å². The van der Waals surface area contributed by atoms with Gasteiger partial charge in [0.25, 0.3) is 0 Å². The van der Waals surface area contributed by atoms with Gasteiger partial charge in [-0.05, 0) is 39.0 Å². The highest BCUT2D eigenvalue weighted by Crippen LogP contribution is 2.31. The number of aliphatic hydroxyl groups is 3. The molecule has 0 aliphatic carbocycles. The third kappa shape index (κ3) is 8.07. The standard InChI is InChI=1S/C18H33ClN2O5S.C3H6O/c1-5-6-10-7-11(21(3)8-10)17(25)20-12(9(2)19)16-14(23)13(22)15(24)18(26-16)27-4;1-3(2)4/h9-16,18,22-24H,5-8H2,1-4H3,(H,20,25);4H,1H2,2H3/p-1/t9-,10+,11-,12+,13-,14+,15+,16+,18+;/m0./s1. The molecule has 2 saturated heterocycles. The predicted octanol–water partition coefficient (Wildman–Crippen LogP) is 0.270. The van der Waals surface area contributed by atoms with Crippen molar-refractivity contribution in [3.8, 4) is 0 Å². The van der Waals surface area contributed by atoms with E-state index in [0.29, 0.717) is 5.92 Å². The third-order valence-electron chi connectivity index (χ3n) is 5.63. The van der Waals surface area contributed by atoms with Crippen LogP contribution in [0.5, 0.6) is 0 Å². The number of amides is 1. The molecule has 8 nitrogen and oxygen atoms in total. The number of carbonyl (C=O) groups excluding carboxylic acids is 1. The minimum absolute atomic E-state index is 0.0833. The van der Waals surface area contributed by atoms with Crippen LogP contribution in [0.2, 0.25) is 0 Å². The lowest BCUT2D eigenvalue weighted by molar-refractivity contribution is -0.300. The van der Waals surface area contributed by atoms with E-state index in [9.17, 15) is 25.2 Å². The molecule has 2 aliphatic rings. The number of hydrogen-bond donors (Lipinski definition) is 4. The first-order chi connectivity index (χ1) is 14.4. The van der Waals surface area contributed by atoms with Gasteiger partial charge in [0.05, 0.1) is 17.5 Å². The Morgan fingerprint density at radius 2 is 1.94 bits per heavy atom. The second-order valence-corrected chi connectivity index (χ2v) is 10.1. The fraction of sp³-hybridized carbons (Fsp3) is 0.857. The molecule has 2 aliphatic heterocycles. The minimum Gasteiger partial charge on any atom is -0.876 e. The molecule has 0 saturated carbocycles. The SMILES string of the molecule is C=C(C)[O-].CCC[C@@H]1C[C@@H](C(=O)N[C@@H]([C@H]2O[C@H](SC)[C@H](O)[C@@H](O)[C@H]2O)[C@H](C)Cl)N(C)C1. The van der Waals surface area contributed by atoms with Crippen molar-refractivity contribution in [3.63, 3.8) is 0 Å². The van der Waals surface area contributed by atoms with Gasteiger partial charge in [-0.3, -0.25) is 9.69 Å². The number of hydrogen-bond acceptors (Lipinski definition) is 8. The molecule has 0 radical (unpaired) electrons. The van der Waals surface area contributed by atoms with Crippen LogP contribution in [0.25, 0.3) is 0 Å². The zero-order valence-corrected chi connectivity index (χ0v) is 20.6. The van der Waals surface area contributed by atoms with Crippen LogP contribution >= 0.6 is 23.4 Å². The molecule has 9 atom stereocenters. The zero-order valence-electron chi connectivity index (χ0n) is 19.0. The first-order valence-corrected chi connectivity index (χ1v) is 12.4. The van der Waals surface area contributed by atoms with Gasteiger partial charge in [-0.1, -0.05) is 20.3 Å². The lowest BCUT2D eigenvalue weighted by atomic mass is 9.92. The van der Waals surface area contributed by atoms with E-state index in [-0.39, 0.29) is 17.7 Å². The molecule has 4 N–H and O–H groups in total. The van der Waals surface area contributed by atoms with E-state index in [0.717, 1.165) is 25.8 Å². The number of ether oxygens (including phenoxy) is 1. The molecule has 0 unspecified atom stereocenters. The number of rotatable bonds is 7. The van der Waals surface area contributed by atoms with Crippen LogP contribution in [0.15, 0.2) is 12.3 Å². The second kappa shape index (κ2) is 13.2. The average Bonchev–Trinajstić information content (AvgIpc) is 3.05. The molecule has 0 spiro atoms. The maximum atomic E-state index is 12.9. The summed E-state index contributed by atoms with van der Waals surface area (Å²) >= 11 is 7.55. The number of likely N-dealkylation sites (N-methyl/N-ethyl adjacent to an activating group) is 1. The highest BCUT2D eigenvalue weighted by molar-refractivity contribution is 7.99. The fourth-order valence-corrected chi connectivity index (χ4v) is 5.00. The topological polar surface area (TPSA) is 125 Å². The highest BCUT2D eigenvalue weighted by Gasteiger charge is 2.48. The number of alkyl halides is 1. The Morgan fingerprint density at radius 1 is 1.35 bits per heavy atom. The monoisotopic (exact) mass is 481 g/mol. The van der Waals surface area contributed by atoms with Crippen LogP contribution in [-0.4, -0.2) is 93.3 Å². The second-order valence-electron chi connectivity index (χ2n) is 8.44. The van der Waals surface area contributed by atoms with Crippen molar-refractivity contribution in [1.29, 1.82) is 0 Å². The summed E-state index contributed by atoms with van der Waals surface area (Å²) in [6.45, 7) is 9.16. The van der Waals surface area contributed by atoms with E-state index in [2.05, 4.69) is 18.8 Å². The Morgan fingerprint density at radius 3 is 2.42 bits per heavy atom. The molecule has 10 heteroatoms. The zero-order chi connectivity index (χ0) is 23.9. The third-order valence-corrected chi connectivity index (χ3v) is 6.76. The molecule has 2 fully saturated rings. The van der Waals surface area contributed by atoms with Crippen molar-refractivity contribution in [2.45, 2.75) is 87.3 Å². The van der Waals surface area contributed by atoms with Gasteiger partial charge >= 0.3 is 0 Å². The van der Waals surface area contributed by atoms with Crippen molar-refractivity contribution in [2.24, 2.45) is 5.92 Å². The number of halogens is 1. The first-order valence-electron chi connectivity index (χ1n) is 10.6. The Kier molecular flexibility index (Phi) is 12.2. The van der Waals surface area contributed by atoms with Crippen LogP contribution in [-0.2, 0) is 9.53 Å². The number of likely N-dealkylation sites (tertiary alicyclic amines) is 1. The van der Waals surface area contributed by atoms with Crippen molar-refractivity contribution < 1.29 is 30.0 Å². The van der Waals surface area contributed by atoms with Crippen molar-refractivity contribution in [2.75, 3.05) is 19.8 Å². The number of nitrogens with one attached hydrogen (secondary N) is 1. The van der Waals surface area contributed by atoms with Gasteiger partial charge in [0.2, 0.25) is 5.91 Å². The van der Waals surface area contributed by atoms with E-state index in [1.165, 1.54) is 18.7 Å². The van der Waals surface area contributed by atoms with Crippen LogP contribution in [0.4, 0.5) is 0 Å². The summed E-state index contributed by atoms with van der Waals surface area (Å²) in [4.78, 5) is 14.9. The lowest BCUT2D eigenvalue weighted by Gasteiger charge is -2.44. The van der Waals surface area contributed by atoms with Crippen LogP contribution < -0.4 is 10.4 Å². The van der Waals surface area contributed by atoms with Crippen LogP contribution in [0.1, 0.15) is 40.0 Å². The largest absolute Gasteiger partial charge is 0.876 e.